The molecular weight excluding hydrogens is 505 g/mol. The van der Waals surface area contributed by atoms with Crippen LogP contribution in [0.3, 0.4) is 0 Å². The molecule has 0 aliphatic carbocycles. The highest BCUT2D eigenvalue weighted by Crippen LogP contribution is 2.61. The SMILES string of the molecule is O=C1C2C3CCCN3C3(C(=O)Nc4ccc(Br)cc43)C2C(=O)N1c1ccc(Cl)cc1Cl. The van der Waals surface area contributed by atoms with Gasteiger partial charge in [-0.3, -0.25) is 19.3 Å². The Hall–Kier alpha value is -1.93. The molecule has 31 heavy (non-hydrogen) atoms. The van der Waals surface area contributed by atoms with Crippen molar-refractivity contribution in [3.63, 3.8) is 0 Å². The van der Waals surface area contributed by atoms with Crippen molar-refractivity contribution in [3.8, 4) is 0 Å². The summed E-state index contributed by atoms with van der Waals surface area (Å²) in [4.78, 5) is 44.3. The summed E-state index contributed by atoms with van der Waals surface area (Å²) in [5.41, 5.74) is 0.535. The molecule has 4 unspecified atom stereocenters. The van der Waals surface area contributed by atoms with Crippen molar-refractivity contribution in [2.75, 3.05) is 16.8 Å². The van der Waals surface area contributed by atoms with Gasteiger partial charge in [0.2, 0.25) is 17.7 Å². The standard InChI is InChI=1S/C22H16BrCl2N3O3/c23-10-3-5-14-12(8-10)22(21(31)26-14)18-17(16-2-1-7-27(16)22)19(29)28(20(18)30)15-6-4-11(24)9-13(15)25/h3-6,8-9,16-18H,1-2,7H2,(H,26,31). The predicted molar refractivity (Wildman–Crippen MR) is 120 cm³/mol. The van der Waals surface area contributed by atoms with Gasteiger partial charge in [-0.05, 0) is 55.8 Å². The molecule has 0 saturated carbocycles. The highest BCUT2D eigenvalue weighted by molar-refractivity contribution is 9.10. The summed E-state index contributed by atoms with van der Waals surface area (Å²) in [6, 6.07) is 10.1. The molecule has 3 fully saturated rings. The second kappa shape index (κ2) is 6.54. The maximum Gasteiger partial charge on any atom is 0.250 e. The van der Waals surface area contributed by atoms with Crippen LogP contribution in [0.4, 0.5) is 11.4 Å². The number of carbonyl (C=O) groups is 3. The average Bonchev–Trinajstić information content (AvgIpc) is 3.42. The monoisotopic (exact) mass is 519 g/mol. The minimum Gasteiger partial charge on any atom is -0.324 e. The van der Waals surface area contributed by atoms with Gasteiger partial charge in [-0.1, -0.05) is 39.1 Å². The number of carbonyl (C=O) groups excluding carboxylic acids is 3. The van der Waals surface area contributed by atoms with E-state index >= 15 is 0 Å². The van der Waals surface area contributed by atoms with Gasteiger partial charge in [0, 0.05) is 26.8 Å². The molecule has 4 heterocycles. The van der Waals surface area contributed by atoms with Gasteiger partial charge in [-0.25, -0.2) is 4.90 Å². The number of hydrogen-bond acceptors (Lipinski definition) is 4. The van der Waals surface area contributed by atoms with Gasteiger partial charge in [0.15, 0.2) is 0 Å². The fourth-order valence-electron chi connectivity index (χ4n) is 6.08. The maximum atomic E-state index is 13.9. The molecule has 0 bridgehead atoms. The molecule has 0 radical (unpaired) electrons. The first-order chi connectivity index (χ1) is 14.9. The van der Waals surface area contributed by atoms with Crippen molar-refractivity contribution in [3.05, 3.63) is 56.5 Å². The number of amides is 3. The van der Waals surface area contributed by atoms with Gasteiger partial charge in [0.25, 0.3) is 0 Å². The molecule has 4 aliphatic heterocycles. The fourth-order valence-corrected chi connectivity index (χ4v) is 6.93. The van der Waals surface area contributed by atoms with Crippen LogP contribution in [-0.4, -0.2) is 35.2 Å². The molecule has 158 valence electrons. The maximum absolute atomic E-state index is 13.9. The molecule has 2 aromatic carbocycles. The van der Waals surface area contributed by atoms with E-state index in [1.54, 1.807) is 12.1 Å². The first-order valence-electron chi connectivity index (χ1n) is 10.1. The van der Waals surface area contributed by atoms with E-state index in [0.29, 0.717) is 22.9 Å². The van der Waals surface area contributed by atoms with E-state index in [-0.39, 0.29) is 22.9 Å². The van der Waals surface area contributed by atoms with Crippen LogP contribution >= 0.6 is 39.1 Å². The number of halogens is 3. The van der Waals surface area contributed by atoms with Crippen molar-refractivity contribution in [2.45, 2.75) is 24.4 Å². The number of nitrogens with one attached hydrogen (secondary N) is 1. The second-order valence-corrected chi connectivity index (χ2v) is 10.2. The van der Waals surface area contributed by atoms with Gasteiger partial charge in [0.05, 0.1) is 22.5 Å². The molecule has 9 heteroatoms. The van der Waals surface area contributed by atoms with Crippen LogP contribution in [0, 0.1) is 11.8 Å². The largest absolute Gasteiger partial charge is 0.324 e. The van der Waals surface area contributed by atoms with Crippen LogP contribution in [0.25, 0.3) is 0 Å². The van der Waals surface area contributed by atoms with E-state index in [0.717, 1.165) is 27.8 Å². The van der Waals surface area contributed by atoms with Crippen LogP contribution < -0.4 is 10.2 Å². The third-order valence-corrected chi connectivity index (χ3v) is 8.14. The smallest absolute Gasteiger partial charge is 0.250 e. The molecule has 2 aromatic rings. The summed E-state index contributed by atoms with van der Waals surface area (Å²) < 4.78 is 0.815. The van der Waals surface area contributed by atoms with E-state index in [1.165, 1.54) is 6.07 Å². The number of nitrogens with zero attached hydrogens (tertiary/aromatic N) is 2. The number of rotatable bonds is 1. The molecule has 1 N–H and O–H groups in total. The van der Waals surface area contributed by atoms with E-state index < -0.39 is 23.3 Å². The van der Waals surface area contributed by atoms with Crippen molar-refractivity contribution in [1.29, 1.82) is 0 Å². The fraction of sp³-hybridized carbons (Fsp3) is 0.318. The Balaban J connectivity index is 1.57. The van der Waals surface area contributed by atoms with Crippen molar-refractivity contribution >= 4 is 68.2 Å². The van der Waals surface area contributed by atoms with E-state index in [2.05, 4.69) is 26.1 Å². The molecule has 3 amide bonds. The first-order valence-corrected chi connectivity index (χ1v) is 11.6. The van der Waals surface area contributed by atoms with Gasteiger partial charge in [0.1, 0.15) is 5.54 Å². The Morgan fingerprint density at radius 1 is 1.06 bits per heavy atom. The number of fused-ring (bicyclic) bond motifs is 7. The van der Waals surface area contributed by atoms with Gasteiger partial charge in [-0.15, -0.1) is 0 Å². The number of anilines is 2. The topological polar surface area (TPSA) is 69.7 Å². The summed E-state index contributed by atoms with van der Waals surface area (Å²) in [6.45, 7) is 0.666. The normalized spacial score (nSPS) is 31.4. The average molecular weight is 521 g/mol. The third kappa shape index (κ3) is 2.35. The van der Waals surface area contributed by atoms with E-state index in [9.17, 15) is 14.4 Å². The highest BCUT2D eigenvalue weighted by Gasteiger charge is 2.74. The van der Waals surface area contributed by atoms with Gasteiger partial charge < -0.3 is 5.32 Å². The minimum atomic E-state index is -1.20. The molecule has 4 atom stereocenters. The zero-order chi connectivity index (χ0) is 21.7. The lowest BCUT2D eigenvalue weighted by Gasteiger charge is -2.36. The molecule has 1 spiro atoms. The number of imide groups is 1. The highest BCUT2D eigenvalue weighted by atomic mass is 79.9. The summed E-state index contributed by atoms with van der Waals surface area (Å²) >= 11 is 15.9. The summed E-state index contributed by atoms with van der Waals surface area (Å²) in [5, 5.41) is 3.61. The van der Waals surface area contributed by atoms with Crippen molar-refractivity contribution in [2.24, 2.45) is 11.8 Å². The van der Waals surface area contributed by atoms with E-state index in [4.69, 9.17) is 23.2 Å². The second-order valence-electron chi connectivity index (χ2n) is 8.42. The molecule has 4 aliphatic rings. The molecule has 6 rings (SSSR count). The Morgan fingerprint density at radius 3 is 2.65 bits per heavy atom. The molecule has 0 aromatic heterocycles. The van der Waals surface area contributed by atoms with Gasteiger partial charge >= 0.3 is 0 Å². The van der Waals surface area contributed by atoms with Crippen LogP contribution in [0.5, 0.6) is 0 Å². The van der Waals surface area contributed by atoms with Crippen molar-refractivity contribution in [1.82, 2.24) is 4.90 Å². The quantitative estimate of drug-likeness (QED) is 0.572. The lowest BCUT2D eigenvalue weighted by atomic mass is 9.75. The zero-order valence-corrected chi connectivity index (χ0v) is 19.2. The lowest BCUT2D eigenvalue weighted by Crippen LogP contribution is -2.54. The summed E-state index contributed by atoms with van der Waals surface area (Å²) in [5.74, 6) is -2.35. The number of benzene rings is 2. The Labute approximate surface area is 196 Å². The van der Waals surface area contributed by atoms with Gasteiger partial charge in [-0.2, -0.15) is 0 Å². The summed E-state index contributed by atoms with van der Waals surface area (Å²) in [6.07, 6.45) is 1.64. The van der Waals surface area contributed by atoms with Crippen LogP contribution in [0.1, 0.15) is 18.4 Å². The number of hydrogen-bond donors (Lipinski definition) is 1. The lowest BCUT2D eigenvalue weighted by molar-refractivity contribution is -0.135. The molecule has 3 saturated heterocycles. The molecule has 6 nitrogen and oxygen atoms in total. The third-order valence-electron chi connectivity index (χ3n) is 7.11. The zero-order valence-electron chi connectivity index (χ0n) is 16.1. The Bertz CT molecular complexity index is 1200. The summed E-state index contributed by atoms with van der Waals surface area (Å²) in [7, 11) is 0. The van der Waals surface area contributed by atoms with Crippen molar-refractivity contribution < 1.29 is 14.4 Å². The Morgan fingerprint density at radius 2 is 1.87 bits per heavy atom. The first kappa shape index (κ1) is 19.7. The Kier molecular flexibility index (Phi) is 4.16. The molecular formula is C22H16BrCl2N3O3. The predicted octanol–water partition coefficient (Wildman–Crippen LogP) is 4.19. The minimum absolute atomic E-state index is 0.173. The van der Waals surface area contributed by atoms with E-state index in [1.807, 2.05) is 18.2 Å². The van der Waals surface area contributed by atoms with Crippen LogP contribution in [0.2, 0.25) is 10.0 Å². The van der Waals surface area contributed by atoms with Crippen LogP contribution in [-0.2, 0) is 19.9 Å². The van der Waals surface area contributed by atoms with Crippen LogP contribution in [0.15, 0.2) is 40.9 Å².